The summed E-state index contributed by atoms with van der Waals surface area (Å²) >= 11 is 0. The zero-order chi connectivity index (χ0) is 26.6. The van der Waals surface area contributed by atoms with Crippen LogP contribution in [0.3, 0.4) is 0 Å². The molecular formula is C22H21F4N7O3S. The summed E-state index contributed by atoms with van der Waals surface area (Å²) in [6.45, 7) is 3.13. The average molecular weight is 540 g/mol. The van der Waals surface area contributed by atoms with Crippen molar-refractivity contribution in [3.05, 3.63) is 54.2 Å². The van der Waals surface area contributed by atoms with E-state index in [1.807, 2.05) is 6.07 Å². The van der Waals surface area contributed by atoms with Crippen LogP contribution in [0.1, 0.15) is 5.69 Å². The Morgan fingerprint density at radius 2 is 1.76 bits per heavy atom. The quantitative estimate of drug-likeness (QED) is 0.478. The highest BCUT2D eigenvalue weighted by molar-refractivity contribution is 7.85. The summed E-state index contributed by atoms with van der Waals surface area (Å²) in [5.74, 6) is -1.45. The number of carboxylic acid groups (broad SMARTS) is 1. The Bertz CT molecular complexity index is 1290. The van der Waals surface area contributed by atoms with Crippen LogP contribution < -0.4 is 15.1 Å². The van der Waals surface area contributed by atoms with Crippen molar-refractivity contribution in [2.45, 2.75) is 17.5 Å². The molecule has 5 rings (SSSR count). The molecule has 37 heavy (non-hydrogen) atoms. The van der Waals surface area contributed by atoms with E-state index < -0.39 is 22.9 Å². The molecule has 4 heterocycles. The van der Waals surface area contributed by atoms with E-state index in [-0.39, 0.29) is 5.82 Å². The van der Waals surface area contributed by atoms with Crippen LogP contribution in [-0.4, -0.2) is 73.6 Å². The lowest BCUT2D eigenvalue weighted by atomic mass is 10.2. The van der Waals surface area contributed by atoms with Crippen molar-refractivity contribution < 1.29 is 31.7 Å². The Morgan fingerprint density at radius 1 is 1.05 bits per heavy atom. The molecule has 10 nitrogen and oxygen atoms in total. The van der Waals surface area contributed by atoms with E-state index in [1.165, 1.54) is 12.1 Å². The van der Waals surface area contributed by atoms with Gasteiger partial charge in [0.05, 0.1) is 34.6 Å². The van der Waals surface area contributed by atoms with Gasteiger partial charge in [0.2, 0.25) is 5.95 Å². The fourth-order valence-corrected chi connectivity index (χ4v) is 5.05. The number of rotatable bonds is 4. The first kappa shape index (κ1) is 26.2. The van der Waals surface area contributed by atoms with Crippen molar-refractivity contribution in [3.63, 3.8) is 0 Å². The van der Waals surface area contributed by atoms with Crippen LogP contribution in [0, 0.1) is 5.82 Å². The molecule has 1 fully saturated rings. The maximum atomic E-state index is 13.6. The molecular weight excluding hydrogens is 518 g/mol. The normalized spacial score (nSPS) is 17.0. The molecule has 0 saturated carbocycles. The van der Waals surface area contributed by atoms with E-state index >= 15 is 0 Å². The van der Waals surface area contributed by atoms with Gasteiger partial charge in [0, 0.05) is 44.0 Å². The third-order valence-electron chi connectivity index (χ3n) is 5.50. The number of anilines is 4. The number of halogens is 4. The number of alkyl halides is 3. The summed E-state index contributed by atoms with van der Waals surface area (Å²) in [5.41, 5.74) is 2.42. The minimum Gasteiger partial charge on any atom is -0.475 e. The molecule has 3 aromatic rings. The van der Waals surface area contributed by atoms with Gasteiger partial charge in [0.1, 0.15) is 10.7 Å². The Kier molecular flexibility index (Phi) is 7.80. The number of aliphatic carboxylic acids is 1. The minimum absolute atomic E-state index is 0.339. The summed E-state index contributed by atoms with van der Waals surface area (Å²) < 4.78 is 57.9. The number of hydrogen-bond acceptors (Lipinski definition) is 9. The lowest BCUT2D eigenvalue weighted by molar-refractivity contribution is -0.192. The Labute approximate surface area is 210 Å². The molecule has 2 aromatic heterocycles. The smallest absolute Gasteiger partial charge is 0.475 e. The zero-order valence-corrected chi connectivity index (χ0v) is 20.0. The molecule has 1 aromatic carbocycles. The summed E-state index contributed by atoms with van der Waals surface area (Å²) in [5, 5.41) is 18.1. The minimum atomic E-state index is -5.08. The van der Waals surface area contributed by atoms with Gasteiger partial charge >= 0.3 is 12.1 Å². The molecule has 0 aliphatic carbocycles. The molecule has 0 amide bonds. The number of aromatic nitrogens is 4. The number of carboxylic acids is 1. The predicted octanol–water partition coefficient (Wildman–Crippen LogP) is 2.77. The molecule has 1 saturated heterocycles. The van der Waals surface area contributed by atoms with Crippen LogP contribution in [-0.2, 0) is 22.0 Å². The highest BCUT2D eigenvalue weighted by atomic mass is 32.2. The van der Waals surface area contributed by atoms with E-state index in [2.05, 4.69) is 30.3 Å². The van der Waals surface area contributed by atoms with Gasteiger partial charge in [-0.3, -0.25) is 4.21 Å². The number of carbonyl (C=O) groups is 1. The molecule has 0 radical (unpaired) electrons. The molecule has 15 heteroatoms. The van der Waals surface area contributed by atoms with Crippen molar-refractivity contribution >= 4 is 39.9 Å². The Morgan fingerprint density at radius 3 is 2.38 bits per heavy atom. The van der Waals surface area contributed by atoms with Gasteiger partial charge in [-0.2, -0.15) is 28.4 Å². The van der Waals surface area contributed by atoms with Crippen molar-refractivity contribution in [1.82, 2.24) is 20.2 Å². The zero-order valence-electron chi connectivity index (χ0n) is 19.2. The van der Waals surface area contributed by atoms with Gasteiger partial charge in [0.15, 0.2) is 5.82 Å². The Hall–Kier alpha value is -3.88. The second-order valence-electron chi connectivity index (χ2n) is 7.96. The SMILES string of the molecule is O=C(O)C(F)(F)F.O=S1CCc2nc(N3CCN(c4ccnnc4)CC3)nc(Nc3cccc(F)c3)c21. The number of nitrogens with zero attached hydrogens (tertiary/aromatic N) is 6. The topological polar surface area (TPSA) is 124 Å². The molecule has 196 valence electrons. The Balaban J connectivity index is 0.000000405. The second kappa shape index (κ2) is 11.0. The highest BCUT2D eigenvalue weighted by Crippen LogP contribution is 2.32. The van der Waals surface area contributed by atoms with E-state index in [4.69, 9.17) is 14.9 Å². The van der Waals surface area contributed by atoms with Crippen LogP contribution in [0.5, 0.6) is 0 Å². The van der Waals surface area contributed by atoms with Crippen LogP contribution in [0.25, 0.3) is 0 Å². The summed E-state index contributed by atoms with van der Waals surface area (Å²) in [6, 6.07) is 8.12. The summed E-state index contributed by atoms with van der Waals surface area (Å²) in [7, 11) is -1.15. The van der Waals surface area contributed by atoms with Crippen molar-refractivity contribution in [2.24, 2.45) is 0 Å². The first-order chi connectivity index (χ1) is 17.6. The second-order valence-corrected chi connectivity index (χ2v) is 9.47. The molecule has 1 unspecified atom stereocenters. The number of hydrogen-bond donors (Lipinski definition) is 2. The van der Waals surface area contributed by atoms with Crippen molar-refractivity contribution in [3.8, 4) is 0 Å². The van der Waals surface area contributed by atoms with Gasteiger partial charge < -0.3 is 20.2 Å². The monoisotopic (exact) mass is 539 g/mol. The van der Waals surface area contributed by atoms with Crippen LogP contribution in [0.15, 0.2) is 47.6 Å². The molecule has 0 spiro atoms. The third kappa shape index (κ3) is 6.47. The lowest BCUT2D eigenvalue weighted by Crippen LogP contribution is -2.47. The molecule has 1 atom stereocenters. The fourth-order valence-electron chi connectivity index (χ4n) is 3.75. The van der Waals surface area contributed by atoms with E-state index in [1.54, 1.807) is 24.5 Å². The maximum absolute atomic E-state index is 13.6. The van der Waals surface area contributed by atoms with Gasteiger partial charge in [-0.15, -0.1) is 0 Å². The molecule has 2 aliphatic rings. The lowest BCUT2D eigenvalue weighted by Gasteiger charge is -2.36. The number of benzene rings is 1. The molecule has 2 N–H and O–H groups in total. The summed E-state index contributed by atoms with van der Waals surface area (Å²) in [6.07, 6.45) is -0.981. The van der Waals surface area contributed by atoms with E-state index in [9.17, 15) is 21.8 Å². The average Bonchev–Trinajstić information content (AvgIpc) is 3.25. The molecule has 2 aliphatic heterocycles. The standard InChI is InChI=1S/C20H20FN7OS.C2HF3O2/c21-14-2-1-3-15(12-14)24-19-18-17(5-11-30(18)29)25-20(26-19)28-9-7-27(8-10-28)16-4-6-22-23-13-16;3-2(4,5)1(6)7/h1-4,6,12-13H,5,7-11H2,(H,24,25,26);(H,6,7). The number of aryl methyl sites for hydroxylation is 1. The summed E-state index contributed by atoms with van der Waals surface area (Å²) in [4.78, 5) is 23.3. The van der Waals surface area contributed by atoms with Gasteiger partial charge in [-0.05, 0) is 24.3 Å². The number of piperazine rings is 1. The largest absolute Gasteiger partial charge is 0.490 e. The third-order valence-corrected chi connectivity index (χ3v) is 6.96. The number of nitrogens with one attached hydrogen (secondary N) is 1. The van der Waals surface area contributed by atoms with Gasteiger partial charge in [-0.25, -0.2) is 14.2 Å². The van der Waals surface area contributed by atoms with E-state index in [0.29, 0.717) is 34.5 Å². The first-order valence-corrected chi connectivity index (χ1v) is 12.3. The number of fused-ring (bicyclic) bond motifs is 1. The van der Waals surface area contributed by atoms with E-state index in [0.717, 1.165) is 37.6 Å². The first-order valence-electron chi connectivity index (χ1n) is 11.0. The predicted molar refractivity (Wildman–Crippen MR) is 127 cm³/mol. The van der Waals surface area contributed by atoms with Crippen LogP contribution in [0.2, 0.25) is 0 Å². The van der Waals surface area contributed by atoms with Crippen molar-refractivity contribution in [1.29, 1.82) is 0 Å². The molecule has 0 bridgehead atoms. The van der Waals surface area contributed by atoms with Crippen molar-refractivity contribution in [2.75, 3.05) is 47.0 Å². The van der Waals surface area contributed by atoms with Gasteiger partial charge in [-0.1, -0.05) is 6.07 Å². The maximum Gasteiger partial charge on any atom is 0.490 e. The fraction of sp³-hybridized carbons (Fsp3) is 0.318. The van der Waals surface area contributed by atoms with Gasteiger partial charge in [0.25, 0.3) is 0 Å². The van der Waals surface area contributed by atoms with Crippen LogP contribution in [0.4, 0.5) is 40.7 Å². The highest BCUT2D eigenvalue weighted by Gasteiger charge is 2.38. The van der Waals surface area contributed by atoms with Crippen LogP contribution >= 0.6 is 0 Å².